The molecule has 0 aliphatic heterocycles. The van der Waals surface area contributed by atoms with Crippen LogP contribution in [0.2, 0.25) is 0 Å². The molecule has 0 heterocycles. The quantitative estimate of drug-likeness (QED) is 0.0625. The second kappa shape index (κ2) is 38.1. The van der Waals surface area contributed by atoms with Crippen LogP contribution in [-0.2, 0) is 4.74 Å². The zero-order valence-corrected chi connectivity index (χ0v) is 27.6. The van der Waals surface area contributed by atoms with E-state index in [1.807, 2.05) is 0 Å². The van der Waals surface area contributed by atoms with Crippen molar-refractivity contribution in [2.45, 2.75) is 181 Å². The summed E-state index contributed by atoms with van der Waals surface area (Å²) in [5.41, 5.74) is 0. The maximum absolute atomic E-state index is 5.81. The van der Waals surface area contributed by atoms with Gasteiger partial charge in [0.1, 0.15) is 0 Å². The van der Waals surface area contributed by atoms with Crippen molar-refractivity contribution in [3.63, 3.8) is 0 Å². The molecule has 0 aromatic rings. The van der Waals surface area contributed by atoms with E-state index in [4.69, 9.17) is 4.74 Å². The van der Waals surface area contributed by atoms with E-state index >= 15 is 0 Å². The Kier molecular flexibility index (Phi) is 37.3. The number of unbranched alkanes of at least 4 members (excludes halogenated alkanes) is 21. The van der Waals surface area contributed by atoms with Crippen LogP contribution in [-0.4, -0.2) is 26.3 Å². The summed E-state index contributed by atoms with van der Waals surface area (Å²) < 4.78 is 5.81. The Morgan fingerprint density at radius 3 is 1.32 bits per heavy atom. The molecule has 2 heteroatoms. The molecule has 236 valence electrons. The molecular formula is C38H73NO. The standard InChI is InChI=1S/C38H73NO/c1-3-5-7-9-11-13-15-17-19-21-23-25-27-29-31-33-35-39-36-38-40-37-34-32-30-28-26-24-22-20-18-16-14-12-10-8-6-4-2/h11,13,17-20,39H,3-10,12,14-16,21-38H2,1-2H3/b13-11?,19-17?,20-18-. The third-order valence-corrected chi connectivity index (χ3v) is 7.78. The summed E-state index contributed by atoms with van der Waals surface area (Å²) in [5, 5.41) is 3.55. The van der Waals surface area contributed by atoms with Crippen LogP contribution in [0.4, 0.5) is 0 Å². The van der Waals surface area contributed by atoms with Gasteiger partial charge in [0.05, 0.1) is 6.61 Å². The molecule has 0 bridgehead atoms. The molecule has 0 saturated heterocycles. The second-order valence-corrected chi connectivity index (χ2v) is 11.9. The van der Waals surface area contributed by atoms with E-state index in [2.05, 4.69) is 55.6 Å². The molecule has 40 heavy (non-hydrogen) atoms. The molecule has 0 aliphatic carbocycles. The number of rotatable bonds is 34. The second-order valence-electron chi connectivity index (χ2n) is 11.9. The Morgan fingerprint density at radius 2 is 0.775 bits per heavy atom. The number of allylic oxidation sites excluding steroid dienone is 6. The normalized spacial score (nSPS) is 12.2. The fourth-order valence-electron chi connectivity index (χ4n) is 5.06. The predicted molar refractivity (Wildman–Crippen MR) is 182 cm³/mol. The smallest absolute Gasteiger partial charge is 0.0590 e. The highest BCUT2D eigenvalue weighted by atomic mass is 16.5. The van der Waals surface area contributed by atoms with Gasteiger partial charge in [-0.2, -0.15) is 0 Å². The SMILES string of the molecule is CCCCCC=CCC=CCCCCCCCCNCCOCCCCCCCC/C=C\CCCCCCCC. The van der Waals surface area contributed by atoms with Gasteiger partial charge in [0.15, 0.2) is 0 Å². The Hall–Kier alpha value is -0.860. The Labute approximate surface area is 253 Å². The van der Waals surface area contributed by atoms with Crippen LogP contribution in [0.3, 0.4) is 0 Å². The molecule has 2 nitrogen and oxygen atoms in total. The lowest BCUT2D eigenvalue weighted by molar-refractivity contribution is 0.131. The number of nitrogens with one attached hydrogen (secondary N) is 1. The van der Waals surface area contributed by atoms with Crippen LogP contribution < -0.4 is 5.32 Å². The molecule has 1 N–H and O–H groups in total. The molecule has 0 spiro atoms. The van der Waals surface area contributed by atoms with E-state index in [0.717, 1.165) is 32.7 Å². The maximum atomic E-state index is 5.81. The van der Waals surface area contributed by atoms with Crippen molar-refractivity contribution >= 4 is 0 Å². The molecule has 0 radical (unpaired) electrons. The van der Waals surface area contributed by atoms with Crippen molar-refractivity contribution in [2.24, 2.45) is 0 Å². The lowest BCUT2D eigenvalue weighted by atomic mass is 10.1. The van der Waals surface area contributed by atoms with E-state index < -0.39 is 0 Å². The van der Waals surface area contributed by atoms with Crippen molar-refractivity contribution in [2.75, 3.05) is 26.3 Å². The molecule has 0 aliphatic rings. The Balaban J connectivity index is 3.12. The first-order valence-corrected chi connectivity index (χ1v) is 18.1. The topological polar surface area (TPSA) is 21.3 Å². The maximum Gasteiger partial charge on any atom is 0.0590 e. The monoisotopic (exact) mass is 560 g/mol. The van der Waals surface area contributed by atoms with Crippen molar-refractivity contribution in [1.29, 1.82) is 0 Å². The first-order valence-electron chi connectivity index (χ1n) is 18.1. The summed E-state index contributed by atoms with van der Waals surface area (Å²) in [6.45, 7) is 8.51. The summed E-state index contributed by atoms with van der Waals surface area (Å²) in [6.07, 6.45) is 49.1. The van der Waals surface area contributed by atoms with Crippen molar-refractivity contribution in [3.8, 4) is 0 Å². The zero-order chi connectivity index (χ0) is 28.9. The van der Waals surface area contributed by atoms with Crippen LogP contribution in [0, 0.1) is 0 Å². The number of hydrogen-bond acceptors (Lipinski definition) is 2. The van der Waals surface area contributed by atoms with Gasteiger partial charge in [0.25, 0.3) is 0 Å². The van der Waals surface area contributed by atoms with Gasteiger partial charge in [0.2, 0.25) is 0 Å². The van der Waals surface area contributed by atoms with Crippen LogP contribution in [0.5, 0.6) is 0 Å². The Morgan fingerprint density at radius 1 is 0.375 bits per heavy atom. The fourth-order valence-corrected chi connectivity index (χ4v) is 5.06. The van der Waals surface area contributed by atoms with Crippen molar-refractivity contribution in [3.05, 3.63) is 36.5 Å². The molecule has 0 amide bonds. The summed E-state index contributed by atoms with van der Waals surface area (Å²) in [6, 6.07) is 0. The minimum absolute atomic E-state index is 0.868. The highest BCUT2D eigenvalue weighted by molar-refractivity contribution is 4.92. The van der Waals surface area contributed by atoms with Gasteiger partial charge in [-0.15, -0.1) is 0 Å². The average Bonchev–Trinajstić information content (AvgIpc) is 2.97. The van der Waals surface area contributed by atoms with Crippen LogP contribution in [0.15, 0.2) is 36.5 Å². The molecule has 0 rings (SSSR count). The molecule has 0 aromatic heterocycles. The van der Waals surface area contributed by atoms with E-state index in [9.17, 15) is 0 Å². The first-order chi connectivity index (χ1) is 19.9. The van der Waals surface area contributed by atoms with Crippen LogP contribution >= 0.6 is 0 Å². The highest BCUT2D eigenvalue weighted by Crippen LogP contribution is 2.10. The third kappa shape index (κ3) is 37.1. The fraction of sp³-hybridized carbons (Fsp3) is 0.842. The van der Waals surface area contributed by atoms with E-state index in [-0.39, 0.29) is 0 Å². The van der Waals surface area contributed by atoms with Crippen molar-refractivity contribution in [1.82, 2.24) is 5.32 Å². The molecule has 0 unspecified atom stereocenters. The molecule has 0 fully saturated rings. The van der Waals surface area contributed by atoms with Gasteiger partial charge in [-0.25, -0.2) is 0 Å². The summed E-state index contributed by atoms with van der Waals surface area (Å²) >= 11 is 0. The lowest BCUT2D eigenvalue weighted by Gasteiger charge is -2.06. The number of ether oxygens (including phenoxy) is 1. The van der Waals surface area contributed by atoms with Gasteiger partial charge < -0.3 is 10.1 Å². The average molecular weight is 560 g/mol. The summed E-state index contributed by atoms with van der Waals surface area (Å²) in [7, 11) is 0. The summed E-state index contributed by atoms with van der Waals surface area (Å²) in [5.74, 6) is 0. The van der Waals surface area contributed by atoms with E-state index in [0.29, 0.717) is 0 Å². The Bertz CT molecular complexity index is 524. The van der Waals surface area contributed by atoms with E-state index in [1.54, 1.807) is 0 Å². The van der Waals surface area contributed by atoms with Gasteiger partial charge in [-0.1, -0.05) is 147 Å². The third-order valence-electron chi connectivity index (χ3n) is 7.78. The lowest BCUT2D eigenvalue weighted by Crippen LogP contribution is -2.21. The van der Waals surface area contributed by atoms with Crippen molar-refractivity contribution < 1.29 is 4.74 Å². The highest BCUT2D eigenvalue weighted by Gasteiger charge is 1.94. The first kappa shape index (κ1) is 39.1. The van der Waals surface area contributed by atoms with Gasteiger partial charge in [-0.05, 0) is 77.2 Å². The van der Waals surface area contributed by atoms with Crippen LogP contribution in [0.25, 0.3) is 0 Å². The largest absolute Gasteiger partial charge is 0.380 e. The molecule has 0 aromatic carbocycles. The predicted octanol–water partition coefficient (Wildman–Crippen LogP) is 12.4. The van der Waals surface area contributed by atoms with Gasteiger partial charge in [-0.3, -0.25) is 0 Å². The molecular weight excluding hydrogens is 486 g/mol. The molecule has 0 saturated carbocycles. The number of hydrogen-bond donors (Lipinski definition) is 1. The zero-order valence-electron chi connectivity index (χ0n) is 27.6. The summed E-state index contributed by atoms with van der Waals surface area (Å²) in [4.78, 5) is 0. The van der Waals surface area contributed by atoms with Crippen LogP contribution in [0.1, 0.15) is 181 Å². The minimum Gasteiger partial charge on any atom is -0.380 e. The minimum atomic E-state index is 0.868. The molecule has 0 atom stereocenters. The van der Waals surface area contributed by atoms with Gasteiger partial charge >= 0.3 is 0 Å². The van der Waals surface area contributed by atoms with E-state index in [1.165, 1.54) is 161 Å². The van der Waals surface area contributed by atoms with Gasteiger partial charge in [0, 0.05) is 13.2 Å².